The molecule has 1 saturated heterocycles. The lowest BCUT2D eigenvalue weighted by Gasteiger charge is -2.42. The Morgan fingerprint density at radius 3 is 2.65 bits per heavy atom. The molecular weight excluding hydrogens is 298 g/mol. The number of nitrogens with one attached hydrogen (secondary N) is 1. The summed E-state index contributed by atoms with van der Waals surface area (Å²) in [5.41, 5.74) is 0.381. The fourth-order valence-corrected chi connectivity index (χ4v) is 2.79. The second-order valence-electron chi connectivity index (χ2n) is 5.91. The molecule has 1 aromatic rings. The van der Waals surface area contributed by atoms with Crippen LogP contribution in [0.5, 0.6) is 0 Å². The highest BCUT2D eigenvalue weighted by Gasteiger charge is 2.38. The number of carbonyl (C=O) groups excluding carboxylic acids is 1. The van der Waals surface area contributed by atoms with Crippen molar-refractivity contribution in [1.29, 1.82) is 0 Å². The standard InChI is InChI=1S/C16H23N3O4/c1-12(23-2)14(20)18-16(11-13-5-3-4-8-17-13)6-9-19(10-7-16)15(21)22/h3-5,8,12H,6-7,9-11H2,1-2H3,(H,18,20)(H,21,22). The molecule has 23 heavy (non-hydrogen) atoms. The molecule has 0 radical (unpaired) electrons. The van der Waals surface area contributed by atoms with Gasteiger partial charge in [0, 0.05) is 44.0 Å². The molecule has 7 heteroatoms. The second kappa shape index (κ2) is 7.41. The molecule has 7 nitrogen and oxygen atoms in total. The van der Waals surface area contributed by atoms with Gasteiger partial charge in [0.05, 0.1) is 0 Å². The van der Waals surface area contributed by atoms with Gasteiger partial charge in [-0.25, -0.2) is 4.79 Å². The highest BCUT2D eigenvalue weighted by atomic mass is 16.5. The topological polar surface area (TPSA) is 91.8 Å². The Bertz CT molecular complexity index is 542. The van der Waals surface area contributed by atoms with Gasteiger partial charge in [-0.1, -0.05) is 6.07 Å². The number of ether oxygens (including phenoxy) is 1. The van der Waals surface area contributed by atoms with Crippen molar-refractivity contribution < 1.29 is 19.4 Å². The van der Waals surface area contributed by atoms with E-state index in [1.807, 2.05) is 18.2 Å². The van der Waals surface area contributed by atoms with Crippen molar-refractivity contribution in [3.63, 3.8) is 0 Å². The first kappa shape index (κ1) is 17.2. The van der Waals surface area contributed by atoms with Gasteiger partial charge in [-0.15, -0.1) is 0 Å². The number of aromatic nitrogens is 1. The van der Waals surface area contributed by atoms with Gasteiger partial charge >= 0.3 is 6.09 Å². The Morgan fingerprint density at radius 1 is 1.43 bits per heavy atom. The Morgan fingerprint density at radius 2 is 2.13 bits per heavy atom. The lowest BCUT2D eigenvalue weighted by atomic mass is 9.82. The van der Waals surface area contributed by atoms with Crippen molar-refractivity contribution in [2.45, 2.75) is 37.8 Å². The Hall–Kier alpha value is -2.15. The molecule has 0 saturated carbocycles. The van der Waals surface area contributed by atoms with Crippen LogP contribution in [0.15, 0.2) is 24.4 Å². The zero-order valence-corrected chi connectivity index (χ0v) is 13.5. The minimum Gasteiger partial charge on any atom is -0.465 e. The summed E-state index contributed by atoms with van der Waals surface area (Å²) < 4.78 is 5.08. The van der Waals surface area contributed by atoms with Crippen LogP contribution in [-0.4, -0.2) is 58.8 Å². The maximum absolute atomic E-state index is 12.3. The van der Waals surface area contributed by atoms with E-state index in [0.29, 0.717) is 32.4 Å². The molecule has 2 heterocycles. The Labute approximate surface area is 135 Å². The minimum atomic E-state index is -0.923. The molecule has 126 valence electrons. The second-order valence-corrected chi connectivity index (χ2v) is 5.91. The summed E-state index contributed by atoms with van der Waals surface area (Å²) >= 11 is 0. The van der Waals surface area contributed by atoms with Gasteiger partial charge in [-0.2, -0.15) is 0 Å². The van der Waals surface area contributed by atoms with Crippen molar-refractivity contribution in [3.05, 3.63) is 30.1 Å². The Kier molecular flexibility index (Phi) is 5.54. The average Bonchev–Trinajstić information content (AvgIpc) is 2.55. The number of hydrogen-bond donors (Lipinski definition) is 2. The van der Waals surface area contributed by atoms with Crippen LogP contribution in [0.2, 0.25) is 0 Å². The van der Waals surface area contributed by atoms with Gasteiger partial charge in [0.15, 0.2) is 0 Å². The third-order valence-electron chi connectivity index (χ3n) is 4.35. The average molecular weight is 321 g/mol. The first-order chi connectivity index (χ1) is 11.0. The van der Waals surface area contributed by atoms with Gasteiger partial charge in [0.25, 0.3) is 0 Å². The van der Waals surface area contributed by atoms with E-state index >= 15 is 0 Å². The summed E-state index contributed by atoms with van der Waals surface area (Å²) in [6.07, 6.45) is 1.93. The number of nitrogens with zero attached hydrogens (tertiary/aromatic N) is 2. The molecule has 2 amide bonds. The van der Waals surface area contributed by atoms with Crippen LogP contribution in [0.4, 0.5) is 4.79 Å². The van der Waals surface area contributed by atoms with Crippen molar-refractivity contribution >= 4 is 12.0 Å². The van der Waals surface area contributed by atoms with Crippen molar-refractivity contribution in [3.8, 4) is 0 Å². The molecule has 1 aliphatic heterocycles. The number of amides is 2. The molecule has 0 aromatic carbocycles. The molecule has 1 aliphatic rings. The number of rotatable bonds is 5. The lowest BCUT2D eigenvalue weighted by molar-refractivity contribution is -0.132. The summed E-state index contributed by atoms with van der Waals surface area (Å²) in [6.45, 7) is 2.48. The van der Waals surface area contributed by atoms with Gasteiger partial charge in [0.2, 0.25) is 5.91 Å². The largest absolute Gasteiger partial charge is 0.465 e. The third-order valence-corrected chi connectivity index (χ3v) is 4.35. The SMILES string of the molecule is COC(C)C(=O)NC1(Cc2ccccn2)CCN(C(=O)O)CC1. The Balaban J connectivity index is 2.14. The molecular formula is C16H23N3O4. The normalized spacial score (nSPS) is 18.3. The predicted octanol–water partition coefficient (Wildman–Crippen LogP) is 1.29. The van der Waals surface area contributed by atoms with Crippen molar-refractivity contribution in [1.82, 2.24) is 15.2 Å². The summed E-state index contributed by atoms with van der Waals surface area (Å²) in [7, 11) is 1.49. The molecule has 2 N–H and O–H groups in total. The van der Waals surface area contributed by atoms with E-state index in [0.717, 1.165) is 5.69 Å². The number of pyridine rings is 1. The lowest BCUT2D eigenvalue weighted by Crippen LogP contribution is -2.59. The van der Waals surface area contributed by atoms with Crippen LogP contribution in [0, 0.1) is 0 Å². The predicted molar refractivity (Wildman–Crippen MR) is 84.1 cm³/mol. The number of likely N-dealkylation sites (tertiary alicyclic amines) is 1. The van der Waals surface area contributed by atoms with Crippen LogP contribution in [0.25, 0.3) is 0 Å². The number of carboxylic acid groups (broad SMARTS) is 1. The summed E-state index contributed by atoms with van der Waals surface area (Å²) in [6, 6.07) is 5.66. The van der Waals surface area contributed by atoms with E-state index in [1.165, 1.54) is 12.0 Å². The number of piperidine rings is 1. The van der Waals surface area contributed by atoms with E-state index in [9.17, 15) is 9.59 Å². The molecule has 1 fully saturated rings. The minimum absolute atomic E-state index is 0.188. The molecule has 2 rings (SSSR count). The quantitative estimate of drug-likeness (QED) is 0.852. The monoisotopic (exact) mass is 321 g/mol. The zero-order chi connectivity index (χ0) is 16.9. The van der Waals surface area contributed by atoms with Gasteiger partial charge < -0.3 is 20.1 Å². The van der Waals surface area contributed by atoms with Crippen LogP contribution in [0.1, 0.15) is 25.5 Å². The zero-order valence-electron chi connectivity index (χ0n) is 13.5. The number of hydrogen-bond acceptors (Lipinski definition) is 4. The molecule has 0 bridgehead atoms. The highest BCUT2D eigenvalue weighted by Crippen LogP contribution is 2.26. The van der Waals surface area contributed by atoms with Crippen LogP contribution >= 0.6 is 0 Å². The van der Waals surface area contributed by atoms with E-state index in [2.05, 4.69) is 10.3 Å². The van der Waals surface area contributed by atoms with Crippen molar-refractivity contribution in [2.75, 3.05) is 20.2 Å². The summed E-state index contributed by atoms with van der Waals surface area (Å²) in [4.78, 5) is 29.1. The first-order valence-corrected chi connectivity index (χ1v) is 7.68. The van der Waals surface area contributed by atoms with Crippen LogP contribution < -0.4 is 5.32 Å². The highest BCUT2D eigenvalue weighted by molar-refractivity contribution is 5.81. The first-order valence-electron chi connectivity index (χ1n) is 7.68. The summed E-state index contributed by atoms with van der Waals surface area (Å²) in [5.74, 6) is -0.188. The molecule has 1 atom stereocenters. The van der Waals surface area contributed by atoms with E-state index in [-0.39, 0.29) is 5.91 Å². The third kappa shape index (κ3) is 4.41. The molecule has 1 aromatic heterocycles. The van der Waals surface area contributed by atoms with Gasteiger partial charge in [-0.05, 0) is 31.9 Å². The van der Waals surface area contributed by atoms with Gasteiger partial charge in [-0.3, -0.25) is 9.78 Å². The number of methoxy groups -OCH3 is 1. The fourth-order valence-electron chi connectivity index (χ4n) is 2.79. The van der Waals surface area contributed by atoms with E-state index in [4.69, 9.17) is 9.84 Å². The smallest absolute Gasteiger partial charge is 0.407 e. The molecule has 1 unspecified atom stereocenters. The maximum atomic E-state index is 12.3. The van der Waals surface area contributed by atoms with Crippen LogP contribution in [-0.2, 0) is 16.0 Å². The van der Waals surface area contributed by atoms with Crippen LogP contribution in [0.3, 0.4) is 0 Å². The molecule has 0 aliphatic carbocycles. The maximum Gasteiger partial charge on any atom is 0.407 e. The number of carbonyl (C=O) groups is 2. The summed E-state index contributed by atoms with van der Waals surface area (Å²) in [5, 5.41) is 12.2. The fraction of sp³-hybridized carbons (Fsp3) is 0.562. The molecule has 0 spiro atoms. The van der Waals surface area contributed by atoms with E-state index in [1.54, 1.807) is 13.1 Å². The van der Waals surface area contributed by atoms with E-state index < -0.39 is 17.7 Å². The van der Waals surface area contributed by atoms with Crippen molar-refractivity contribution in [2.24, 2.45) is 0 Å². The van der Waals surface area contributed by atoms with Gasteiger partial charge in [0.1, 0.15) is 6.10 Å².